The first-order chi connectivity index (χ1) is 9.38. The Morgan fingerprint density at radius 3 is 2.50 bits per heavy atom. The molecule has 0 saturated carbocycles. The summed E-state index contributed by atoms with van der Waals surface area (Å²) < 4.78 is 40.7. The van der Waals surface area contributed by atoms with E-state index in [1.807, 2.05) is 0 Å². The van der Waals surface area contributed by atoms with Gasteiger partial charge in [-0.25, -0.2) is 0 Å². The molecule has 0 aliphatic rings. The second-order valence-electron chi connectivity index (χ2n) is 3.81. The lowest BCUT2D eigenvalue weighted by atomic mass is 10.1. The molecule has 0 radical (unpaired) electrons. The fraction of sp³-hybridized carbons (Fsp3) is 0.0769. The van der Waals surface area contributed by atoms with Gasteiger partial charge in [0.15, 0.2) is 0 Å². The van der Waals surface area contributed by atoms with E-state index in [4.69, 9.17) is 5.73 Å². The van der Waals surface area contributed by atoms with Gasteiger partial charge in [-0.05, 0) is 24.3 Å². The molecule has 1 heterocycles. The molecule has 20 heavy (non-hydrogen) atoms. The summed E-state index contributed by atoms with van der Waals surface area (Å²) in [5.74, 6) is -1.32. The van der Waals surface area contributed by atoms with E-state index in [1.165, 1.54) is 36.5 Å². The molecular weight excluding hydrogens is 273 g/mol. The minimum absolute atomic E-state index is 0.0827. The van der Waals surface area contributed by atoms with E-state index in [-0.39, 0.29) is 16.9 Å². The minimum atomic E-state index is -4.88. The SMILES string of the molecule is Nc1cccnc1C(=O)c1ccccc1OC(F)(F)F. The lowest BCUT2D eigenvalue weighted by Gasteiger charge is -2.12. The van der Waals surface area contributed by atoms with Crippen LogP contribution in [0.5, 0.6) is 5.75 Å². The molecule has 7 heteroatoms. The number of halogens is 3. The van der Waals surface area contributed by atoms with E-state index in [0.29, 0.717) is 0 Å². The molecular formula is C13H9F3N2O2. The molecule has 0 unspecified atom stereocenters. The van der Waals surface area contributed by atoms with Crippen molar-refractivity contribution in [1.29, 1.82) is 0 Å². The van der Waals surface area contributed by atoms with Crippen LogP contribution in [0.3, 0.4) is 0 Å². The first-order valence-electron chi connectivity index (χ1n) is 5.48. The molecule has 0 fully saturated rings. The Kier molecular flexibility index (Phi) is 3.60. The second kappa shape index (κ2) is 5.20. The number of nitrogens with zero attached hydrogens (tertiary/aromatic N) is 1. The van der Waals surface area contributed by atoms with Crippen molar-refractivity contribution in [2.24, 2.45) is 0 Å². The Balaban J connectivity index is 2.43. The highest BCUT2D eigenvalue weighted by Crippen LogP contribution is 2.28. The number of benzene rings is 1. The van der Waals surface area contributed by atoms with Crippen LogP contribution in [0.1, 0.15) is 16.1 Å². The molecule has 104 valence electrons. The van der Waals surface area contributed by atoms with Crippen LogP contribution in [0.15, 0.2) is 42.6 Å². The van der Waals surface area contributed by atoms with Gasteiger partial charge in [-0.15, -0.1) is 13.2 Å². The van der Waals surface area contributed by atoms with Crippen molar-refractivity contribution in [3.8, 4) is 5.75 Å². The van der Waals surface area contributed by atoms with Crippen molar-refractivity contribution in [2.75, 3.05) is 5.73 Å². The summed E-state index contributed by atoms with van der Waals surface area (Å²) in [5, 5.41) is 0. The van der Waals surface area contributed by atoms with Gasteiger partial charge in [-0.2, -0.15) is 0 Å². The van der Waals surface area contributed by atoms with Crippen LogP contribution in [0.2, 0.25) is 0 Å². The number of carbonyl (C=O) groups excluding carboxylic acids is 1. The van der Waals surface area contributed by atoms with Crippen LogP contribution in [-0.2, 0) is 0 Å². The number of para-hydroxylation sites is 1. The Morgan fingerprint density at radius 1 is 1.15 bits per heavy atom. The average molecular weight is 282 g/mol. The Hall–Kier alpha value is -2.57. The number of alkyl halides is 3. The van der Waals surface area contributed by atoms with Crippen molar-refractivity contribution in [1.82, 2.24) is 4.98 Å². The minimum Gasteiger partial charge on any atom is -0.405 e. The molecule has 0 amide bonds. The van der Waals surface area contributed by atoms with Gasteiger partial charge in [0, 0.05) is 6.20 Å². The molecule has 0 aliphatic heterocycles. The molecule has 2 aromatic rings. The van der Waals surface area contributed by atoms with Crippen LogP contribution in [0, 0.1) is 0 Å². The molecule has 4 nitrogen and oxygen atoms in total. The molecule has 0 spiro atoms. The zero-order valence-corrected chi connectivity index (χ0v) is 10.0. The molecule has 0 bridgehead atoms. The predicted molar refractivity (Wildman–Crippen MR) is 65.2 cm³/mol. The van der Waals surface area contributed by atoms with E-state index in [0.717, 1.165) is 6.07 Å². The smallest absolute Gasteiger partial charge is 0.405 e. The standard InChI is InChI=1S/C13H9F3N2O2/c14-13(15,16)20-10-6-2-1-4-8(10)12(19)11-9(17)5-3-7-18-11/h1-7H,17H2. The zero-order chi connectivity index (χ0) is 14.8. The summed E-state index contributed by atoms with van der Waals surface area (Å²) in [5.41, 5.74) is 5.30. The van der Waals surface area contributed by atoms with E-state index >= 15 is 0 Å². The third kappa shape index (κ3) is 3.05. The molecule has 0 aliphatic carbocycles. The third-order valence-corrected chi connectivity index (χ3v) is 2.41. The second-order valence-corrected chi connectivity index (χ2v) is 3.81. The number of pyridine rings is 1. The molecule has 1 aromatic heterocycles. The summed E-state index contributed by atoms with van der Waals surface area (Å²) in [6.07, 6.45) is -3.55. The number of hydrogen-bond acceptors (Lipinski definition) is 4. The number of anilines is 1. The average Bonchev–Trinajstić information content (AvgIpc) is 2.37. The van der Waals surface area contributed by atoms with Gasteiger partial charge >= 0.3 is 6.36 Å². The maximum absolute atomic E-state index is 12.3. The Morgan fingerprint density at radius 2 is 1.85 bits per heavy atom. The van der Waals surface area contributed by atoms with Crippen LogP contribution < -0.4 is 10.5 Å². The Bertz CT molecular complexity index is 642. The lowest BCUT2D eigenvalue weighted by Crippen LogP contribution is -2.19. The highest BCUT2D eigenvalue weighted by atomic mass is 19.4. The number of nitrogens with two attached hydrogens (primary N) is 1. The summed E-state index contributed by atoms with van der Waals surface area (Å²) in [7, 11) is 0. The van der Waals surface area contributed by atoms with Crippen LogP contribution in [0.25, 0.3) is 0 Å². The van der Waals surface area contributed by atoms with E-state index < -0.39 is 17.9 Å². The number of rotatable bonds is 3. The monoisotopic (exact) mass is 282 g/mol. The number of ether oxygens (including phenoxy) is 1. The number of nitrogen functional groups attached to an aromatic ring is 1. The van der Waals surface area contributed by atoms with Gasteiger partial charge in [-0.1, -0.05) is 12.1 Å². The highest BCUT2D eigenvalue weighted by Gasteiger charge is 2.33. The van der Waals surface area contributed by atoms with E-state index in [2.05, 4.69) is 9.72 Å². The van der Waals surface area contributed by atoms with Crippen molar-refractivity contribution in [2.45, 2.75) is 6.36 Å². The van der Waals surface area contributed by atoms with Crippen molar-refractivity contribution in [3.05, 3.63) is 53.9 Å². The van der Waals surface area contributed by atoms with E-state index in [1.54, 1.807) is 0 Å². The molecule has 1 aromatic carbocycles. The largest absolute Gasteiger partial charge is 0.573 e. The van der Waals surface area contributed by atoms with Crippen molar-refractivity contribution < 1.29 is 22.7 Å². The van der Waals surface area contributed by atoms with Crippen LogP contribution in [0.4, 0.5) is 18.9 Å². The number of ketones is 1. The van der Waals surface area contributed by atoms with Gasteiger partial charge < -0.3 is 10.5 Å². The first kappa shape index (κ1) is 13.9. The number of carbonyl (C=O) groups is 1. The lowest BCUT2D eigenvalue weighted by molar-refractivity contribution is -0.274. The van der Waals surface area contributed by atoms with Crippen LogP contribution in [-0.4, -0.2) is 17.1 Å². The van der Waals surface area contributed by atoms with Gasteiger partial charge in [0.2, 0.25) is 5.78 Å². The van der Waals surface area contributed by atoms with Gasteiger partial charge in [0.25, 0.3) is 0 Å². The quantitative estimate of drug-likeness (QED) is 0.879. The summed E-state index contributed by atoms with van der Waals surface area (Å²) >= 11 is 0. The molecule has 0 atom stereocenters. The van der Waals surface area contributed by atoms with Gasteiger partial charge in [-0.3, -0.25) is 9.78 Å². The first-order valence-corrected chi connectivity index (χ1v) is 5.48. The van der Waals surface area contributed by atoms with Gasteiger partial charge in [0.05, 0.1) is 11.3 Å². The maximum atomic E-state index is 12.3. The topological polar surface area (TPSA) is 65.2 Å². The van der Waals surface area contributed by atoms with Gasteiger partial charge in [0.1, 0.15) is 11.4 Å². The Labute approximate surface area is 112 Å². The fourth-order valence-electron chi connectivity index (χ4n) is 1.60. The molecule has 2 rings (SSSR count). The fourth-order valence-corrected chi connectivity index (χ4v) is 1.60. The molecule has 0 saturated heterocycles. The summed E-state index contributed by atoms with van der Waals surface area (Å²) in [6.45, 7) is 0. The predicted octanol–water partition coefficient (Wildman–Crippen LogP) is 2.79. The highest BCUT2D eigenvalue weighted by molar-refractivity contribution is 6.12. The summed E-state index contributed by atoms with van der Waals surface area (Å²) in [4.78, 5) is 16.0. The number of aromatic nitrogens is 1. The number of hydrogen-bond donors (Lipinski definition) is 1. The van der Waals surface area contributed by atoms with Crippen LogP contribution >= 0.6 is 0 Å². The van der Waals surface area contributed by atoms with Crippen molar-refractivity contribution in [3.63, 3.8) is 0 Å². The van der Waals surface area contributed by atoms with E-state index in [9.17, 15) is 18.0 Å². The zero-order valence-electron chi connectivity index (χ0n) is 10.0. The van der Waals surface area contributed by atoms with Crippen molar-refractivity contribution >= 4 is 11.5 Å². The maximum Gasteiger partial charge on any atom is 0.573 e. The third-order valence-electron chi connectivity index (χ3n) is 2.41. The normalized spacial score (nSPS) is 11.2. The summed E-state index contributed by atoms with van der Waals surface area (Å²) in [6, 6.07) is 7.99. The molecule has 2 N–H and O–H groups in total.